The van der Waals surface area contributed by atoms with Crippen LogP contribution in [0.25, 0.3) is 0 Å². The molecule has 0 bridgehead atoms. The molecule has 0 aromatic heterocycles. The van der Waals surface area contributed by atoms with E-state index in [9.17, 15) is 4.79 Å². The van der Waals surface area contributed by atoms with Crippen molar-refractivity contribution in [3.63, 3.8) is 0 Å². The van der Waals surface area contributed by atoms with Gasteiger partial charge >= 0.3 is 123 Å². The van der Waals surface area contributed by atoms with Crippen LogP contribution in [0.2, 0.25) is 19.1 Å². The fraction of sp³-hybridized carbons (Fsp3) is 0.917. The molecule has 0 aromatic carbocycles. The summed E-state index contributed by atoms with van der Waals surface area (Å²) in [5.41, 5.74) is 0. The summed E-state index contributed by atoms with van der Waals surface area (Å²) in [6.07, 6.45) is -0.219. The number of hydrogen-bond acceptors (Lipinski definition) is 3. The normalized spacial score (nSPS) is 24.2. The van der Waals surface area contributed by atoms with Gasteiger partial charge in [0.2, 0.25) is 0 Å². The standard InChI is InChI=1S/C12H25IN2O2Si/c1-5-13-10-8-15(2)9-11(10)14-12(16)17-6-7-18(3)4/h10-11H,5-9H2,1-4H3,(H,14,16). The Bertz CT molecular complexity index is 266. The number of halogens is 1. The molecule has 0 aromatic rings. The zero-order valence-electron chi connectivity index (χ0n) is 11.8. The molecule has 1 N–H and O–H groups in total. The van der Waals surface area contributed by atoms with Gasteiger partial charge in [-0.15, -0.1) is 0 Å². The van der Waals surface area contributed by atoms with Gasteiger partial charge in [-0.1, -0.05) is 0 Å². The van der Waals surface area contributed by atoms with Crippen LogP contribution in [0, 0.1) is 0 Å². The number of carbonyl (C=O) groups excluding carboxylic acids is 1. The van der Waals surface area contributed by atoms with Crippen molar-refractivity contribution >= 4 is 14.9 Å². The van der Waals surface area contributed by atoms with E-state index in [0.29, 0.717) is 16.6 Å². The van der Waals surface area contributed by atoms with Crippen molar-refractivity contribution in [2.75, 3.05) is 31.2 Å². The summed E-state index contributed by atoms with van der Waals surface area (Å²) in [5, 5.41) is 3.05. The van der Waals surface area contributed by atoms with E-state index in [1.165, 1.54) is 4.43 Å². The molecule has 1 heterocycles. The van der Waals surface area contributed by atoms with Gasteiger partial charge in [-0.25, -0.2) is 0 Å². The summed E-state index contributed by atoms with van der Waals surface area (Å²) < 4.78 is 7.21. The molecular formula is C12H25IN2O2Si. The van der Waals surface area contributed by atoms with Gasteiger partial charge in [-0.05, 0) is 0 Å². The minimum absolute atomic E-state index is 0.194. The Morgan fingerprint density at radius 2 is 2.22 bits per heavy atom. The molecule has 6 heteroatoms. The molecular weight excluding hydrogens is 359 g/mol. The third kappa shape index (κ3) is 5.88. The molecule has 1 rings (SSSR count). The number of alkyl halides is 2. The summed E-state index contributed by atoms with van der Waals surface area (Å²) >= 11 is 0.194. The van der Waals surface area contributed by atoms with Crippen molar-refractivity contribution in [2.24, 2.45) is 0 Å². The number of nitrogens with one attached hydrogen (secondary N) is 1. The maximum absolute atomic E-state index is 11.7. The summed E-state index contributed by atoms with van der Waals surface area (Å²) in [6.45, 7) is 9.38. The van der Waals surface area contributed by atoms with Crippen molar-refractivity contribution in [2.45, 2.75) is 36.0 Å². The first-order valence-electron chi connectivity index (χ1n) is 6.51. The molecule has 2 unspecified atom stereocenters. The number of hydrogen-bond donors (Lipinski definition) is 1. The Balaban J connectivity index is 2.29. The monoisotopic (exact) mass is 384 g/mol. The molecule has 18 heavy (non-hydrogen) atoms. The van der Waals surface area contributed by atoms with E-state index in [1.807, 2.05) is 0 Å². The molecule has 0 aliphatic carbocycles. The Kier molecular flexibility index (Phi) is 7.55. The molecule has 0 spiro atoms. The molecule has 4 nitrogen and oxygen atoms in total. The maximum atomic E-state index is 11.7. The second-order valence-corrected chi connectivity index (χ2v) is 11.9. The molecule has 1 fully saturated rings. The number of likely N-dealkylation sites (tertiary alicyclic amines) is 1. The van der Waals surface area contributed by atoms with Gasteiger partial charge in [0.15, 0.2) is 0 Å². The van der Waals surface area contributed by atoms with E-state index >= 15 is 0 Å². The molecule has 0 radical (unpaired) electrons. The average molecular weight is 384 g/mol. The van der Waals surface area contributed by atoms with Gasteiger partial charge in [-0.2, -0.15) is 0 Å². The predicted molar refractivity (Wildman–Crippen MR) is 72.4 cm³/mol. The van der Waals surface area contributed by atoms with Crippen LogP contribution in [0.4, 0.5) is 4.79 Å². The third-order valence-corrected chi connectivity index (χ3v) is 7.40. The van der Waals surface area contributed by atoms with Crippen molar-refractivity contribution in [1.29, 1.82) is 0 Å². The summed E-state index contributed by atoms with van der Waals surface area (Å²) in [4.78, 5) is 14.0. The van der Waals surface area contributed by atoms with Crippen molar-refractivity contribution in [3.8, 4) is 0 Å². The van der Waals surface area contributed by atoms with E-state index in [2.05, 4.69) is 37.3 Å². The van der Waals surface area contributed by atoms with E-state index in [1.54, 1.807) is 0 Å². The van der Waals surface area contributed by atoms with Crippen LogP contribution in [0.1, 0.15) is 6.92 Å². The first-order chi connectivity index (χ1) is 8.52. The third-order valence-electron chi connectivity index (χ3n) is 2.92. The van der Waals surface area contributed by atoms with E-state index in [4.69, 9.17) is 4.74 Å². The number of carbonyl (C=O) groups is 1. The minimum atomic E-state index is -0.292. The van der Waals surface area contributed by atoms with Crippen molar-refractivity contribution in [3.05, 3.63) is 0 Å². The number of likely N-dealkylation sites (N-methyl/N-ethyl adjacent to an activating group) is 1. The topological polar surface area (TPSA) is 41.6 Å². The Hall–Kier alpha value is 0.177. The Morgan fingerprint density at radius 3 is 2.83 bits per heavy atom. The zero-order valence-corrected chi connectivity index (χ0v) is 15.0. The fourth-order valence-corrected chi connectivity index (χ4v) is 5.59. The number of alkyl carbamates (subject to hydrolysis) is 1. The molecule has 1 aliphatic heterocycles. The van der Waals surface area contributed by atoms with Crippen LogP contribution < -0.4 is 26.5 Å². The Morgan fingerprint density at radius 1 is 1.50 bits per heavy atom. The van der Waals surface area contributed by atoms with Gasteiger partial charge in [0.25, 0.3) is 0 Å². The van der Waals surface area contributed by atoms with Crippen LogP contribution >= 0.6 is 0 Å². The van der Waals surface area contributed by atoms with Crippen LogP contribution in [-0.2, 0) is 4.74 Å². The van der Waals surface area contributed by atoms with Gasteiger partial charge in [0, 0.05) is 0 Å². The second kappa shape index (κ2) is 8.37. The van der Waals surface area contributed by atoms with Gasteiger partial charge < -0.3 is 0 Å². The van der Waals surface area contributed by atoms with E-state index in [-0.39, 0.29) is 36.1 Å². The summed E-state index contributed by atoms with van der Waals surface area (Å²) in [7, 11) is 1.83. The summed E-state index contributed by atoms with van der Waals surface area (Å²) in [6, 6.07) is 1.34. The van der Waals surface area contributed by atoms with Crippen LogP contribution in [0.5, 0.6) is 0 Å². The molecule has 0 saturated carbocycles. The number of ether oxygens (including phenoxy) is 1. The molecule has 106 valence electrons. The molecule has 1 saturated heterocycles. The molecule has 1 amide bonds. The predicted octanol–water partition coefficient (Wildman–Crippen LogP) is -1.74. The van der Waals surface area contributed by atoms with E-state index in [0.717, 1.165) is 19.1 Å². The first kappa shape index (κ1) is 16.2. The number of rotatable bonds is 6. The first-order valence-corrected chi connectivity index (χ1v) is 12.0. The van der Waals surface area contributed by atoms with E-state index < -0.39 is 0 Å². The van der Waals surface area contributed by atoms with Gasteiger partial charge in [0.1, 0.15) is 0 Å². The van der Waals surface area contributed by atoms with Crippen molar-refractivity contribution in [1.82, 2.24) is 10.2 Å². The van der Waals surface area contributed by atoms with Crippen LogP contribution in [0.3, 0.4) is 0 Å². The molecule has 2 atom stereocenters. The van der Waals surface area contributed by atoms with Crippen molar-refractivity contribution < 1.29 is 30.7 Å². The average Bonchev–Trinajstić information content (AvgIpc) is 2.59. The molecule has 1 aliphatic rings. The van der Waals surface area contributed by atoms with Gasteiger partial charge in [-0.3, -0.25) is 0 Å². The second-order valence-electron chi connectivity index (χ2n) is 5.00. The fourth-order valence-electron chi connectivity index (χ4n) is 1.98. The number of amides is 1. The SMILES string of the molecule is CC[I-]C1CN(C)CC1NC(=O)OCC[Si+](C)C. The zero-order chi connectivity index (χ0) is 13.5. The summed E-state index contributed by atoms with van der Waals surface area (Å²) in [5.74, 6) is 0. The van der Waals surface area contributed by atoms with Crippen LogP contribution in [0.15, 0.2) is 0 Å². The quantitative estimate of drug-likeness (QED) is 0.336. The number of nitrogens with zero attached hydrogens (tertiary/aromatic N) is 1. The van der Waals surface area contributed by atoms with Crippen LogP contribution in [-0.4, -0.2) is 60.9 Å². The Labute approximate surface area is 123 Å². The van der Waals surface area contributed by atoms with Gasteiger partial charge in [0.05, 0.1) is 0 Å².